The molecule has 0 aromatic carbocycles. The van der Waals surface area contributed by atoms with E-state index in [1.54, 1.807) is 0 Å². The van der Waals surface area contributed by atoms with Gasteiger partial charge in [0, 0.05) is 6.42 Å². The predicted octanol–water partition coefficient (Wildman–Crippen LogP) is 4.96. The van der Waals surface area contributed by atoms with Crippen LogP contribution in [0.4, 0.5) is 0 Å². The topological polar surface area (TPSA) is 26.3 Å². The van der Waals surface area contributed by atoms with E-state index < -0.39 is 0 Å². The van der Waals surface area contributed by atoms with Gasteiger partial charge in [-0.25, -0.2) is 0 Å². The van der Waals surface area contributed by atoms with E-state index in [2.05, 4.69) is 34.6 Å². The number of hydrogen-bond donors (Lipinski definition) is 0. The molecule has 0 atom stereocenters. The van der Waals surface area contributed by atoms with Crippen LogP contribution in [0.2, 0.25) is 0 Å². The second-order valence-corrected chi connectivity index (χ2v) is 6.88. The summed E-state index contributed by atoms with van der Waals surface area (Å²) in [4.78, 5) is 11.4. The Labute approximate surface area is 113 Å². The predicted molar refractivity (Wildman–Crippen MR) is 77.6 cm³/mol. The SMILES string of the molecule is CC(C)CCCOC(=O)CCCCCC(C)(C)C. The third kappa shape index (κ3) is 13.5. The van der Waals surface area contributed by atoms with E-state index in [0.717, 1.165) is 25.7 Å². The Kier molecular flexibility index (Phi) is 9.13. The van der Waals surface area contributed by atoms with Crippen LogP contribution in [0.25, 0.3) is 0 Å². The van der Waals surface area contributed by atoms with Gasteiger partial charge in [0.2, 0.25) is 0 Å². The van der Waals surface area contributed by atoms with Gasteiger partial charge in [-0.05, 0) is 37.0 Å². The number of esters is 1. The number of carbonyl (C=O) groups is 1. The Morgan fingerprint density at radius 2 is 1.72 bits per heavy atom. The molecule has 0 spiro atoms. The van der Waals surface area contributed by atoms with Crippen LogP contribution in [0.5, 0.6) is 0 Å². The molecule has 0 saturated carbocycles. The van der Waals surface area contributed by atoms with Gasteiger partial charge in [-0.1, -0.05) is 47.5 Å². The van der Waals surface area contributed by atoms with Crippen molar-refractivity contribution in [2.24, 2.45) is 11.3 Å². The molecule has 0 bridgehead atoms. The van der Waals surface area contributed by atoms with Gasteiger partial charge in [0.05, 0.1) is 6.61 Å². The first kappa shape index (κ1) is 17.5. The molecule has 2 heteroatoms. The van der Waals surface area contributed by atoms with Crippen molar-refractivity contribution in [3.8, 4) is 0 Å². The van der Waals surface area contributed by atoms with Gasteiger partial charge in [-0.3, -0.25) is 4.79 Å². The maximum absolute atomic E-state index is 11.4. The first-order valence-electron chi connectivity index (χ1n) is 7.47. The molecule has 0 saturated heterocycles. The molecule has 108 valence electrons. The molecule has 0 aliphatic rings. The first-order valence-corrected chi connectivity index (χ1v) is 7.47. The maximum Gasteiger partial charge on any atom is 0.305 e. The smallest absolute Gasteiger partial charge is 0.305 e. The molecule has 0 aromatic heterocycles. The molecule has 18 heavy (non-hydrogen) atoms. The van der Waals surface area contributed by atoms with Crippen molar-refractivity contribution in [3.63, 3.8) is 0 Å². The zero-order valence-electron chi connectivity index (χ0n) is 13.1. The van der Waals surface area contributed by atoms with Crippen LogP contribution in [0, 0.1) is 11.3 Å². The summed E-state index contributed by atoms with van der Waals surface area (Å²) in [5.41, 5.74) is 0.414. The summed E-state index contributed by atoms with van der Waals surface area (Å²) in [6.07, 6.45) is 7.27. The Morgan fingerprint density at radius 3 is 2.28 bits per heavy atom. The monoisotopic (exact) mass is 256 g/mol. The fraction of sp³-hybridized carbons (Fsp3) is 0.938. The largest absolute Gasteiger partial charge is 0.466 e. The fourth-order valence-corrected chi connectivity index (χ4v) is 1.85. The summed E-state index contributed by atoms with van der Waals surface area (Å²) in [6, 6.07) is 0. The van der Waals surface area contributed by atoms with Gasteiger partial charge in [-0.2, -0.15) is 0 Å². The van der Waals surface area contributed by atoms with Crippen molar-refractivity contribution in [1.29, 1.82) is 0 Å². The Bertz CT molecular complexity index is 214. The summed E-state index contributed by atoms with van der Waals surface area (Å²) < 4.78 is 5.20. The first-order chi connectivity index (χ1) is 8.31. The summed E-state index contributed by atoms with van der Waals surface area (Å²) in [7, 11) is 0. The molecule has 0 aromatic rings. The number of ether oxygens (including phenoxy) is 1. The summed E-state index contributed by atoms with van der Waals surface area (Å²) >= 11 is 0. The van der Waals surface area contributed by atoms with Crippen molar-refractivity contribution < 1.29 is 9.53 Å². The number of carbonyl (C=O) groups excluding carboxylic acids is 1. The summed E-state index contributed by atoms with van der Waals surface area (Å²) in [5.74, 6) is 0.676. The van der Waals surface area contributed by atoms with Crippen LogP contribution in [0.1, 0.15) is 79.6 Å². The highest BCUT2D eigenvalue weighted by Crippen LogP contribution is 2.22. The lowest BCUT2D eigenvalue weighted by atomic mass is 9.89. The zero-order chi connectivity index (χ0) is 14.0. The molecule has 0 aliphatic carbocycles. The maximum atomic E-state index is 11.4. The molecule has 0 rings (SSSR count). The molecule has 0 amide bonds. The third-order valence-electron chi connectivity index (χ3n) is 3.00. The van der Waals surface area contributed by atoms with E-state index in [-0.39, 0.29) is 5.97 Å². The van der Waals surface area contributed by atoms with Gasteiger partial charge in [0.15, 0.2) is 0 Å². The van der Waals surface area contributed by atoms with E-state index in [0.29, 0.717) is 24.4 Å². The molecule has 0 heterocycles. The molecule has 0 fully saturated rings. The third-order valence-corrected chi connectivity index (χ3v) is 3.00. The quantitative estimate of drug-likeness (QED) is 0.430. The van der Waals surface area contributed by atoms with Crippen LogP contribution >= 0.6 is 0 Å². The van der Waals surface area contributed by atoms with Crippen LogP contribution in [-0.2, 0) is 9.53 Å². The highest BCUT2D eigenvalue weighted by atomic mass is 16.5. The van der Waals surface area contributed by atoms with Crippen LogP contribution in [0.3, 0.4) is 0 Å². The van der Waals surface area contributed by atoms with E-state index in [1.807, 2.05) is 0 Å². The Hall–Kier alpha value is -0.530. The molecule has 0 radical (unpaired) electrons. The summed E-state index contributed by atoms with van der Waals surface area (Å²) in [6.45, 7) is 11.8. The van der Waals surface area contributed by atoms with Crippen LogP contribution in [-0.4, -0.2) is 12.6 Å². The van der Waals surface area contributed by atoms with Gasteiger partial charge in [-0.15, -0.1) is 0 Å². The molecule has 2 nitrogen and oxygen atoms in total. The average molecular weight is 256 g/mol. The molecule has 0 N–H and O–H groups in total. The van der Waals surface area contributed by atoms with Gasteiger partial charge < -0.3 is 4.74 Å². The van der Waals surface area contributed by atoms with Gasteiger partial charge in [0.1, 0.15) is 0 Å². The van der Waals surface area contributed by atoms with Gasteiger partial charge >= 0.3 is 5.97 Å². The lowest BCUT2D eigenvalue weighted by Crippen LogP contribution is -2.07. The molecule has 0 aliphatic heterocycles. The number of unbranched alkanes of at least 4 members (excludes halogenated alkanes) is 2. The Balaban J connectivity index is 3.32. The van der Waals surface area contributed by atoms with Gasteiger partial charge in [0.25, 0.3) is 0 Å². The van der Waals surface area contributed by atoms with Crippen LogP contribution in [0.15, 0.2) is 0 Å². The second kappa shape index (κ2) is 9.41. The minimum absolute atomic E-state index is 0.0190. The molecular weight excluding hydrogens is 224 g/mol. The normalized spacial score (nSPS) is 11.9. The van der Waals surface area contributed by atoms with Crippen molar-refractivity contribution in [3.05, 3.63) is 0 Å². The highest BCUT2D eigenvalue weighted by Gasteiger charge is 2.09. The summed E-state index contributed by atoms with van der Waals surface area (Å²) in [5, 5.41) is 0. The van der Waals surface area contributed by atoms with E-state index in [9.17, 15) is 4.79 Å². The lowest BCUT2D eigenvalue weighted by Gasteiger charge is -2.17. The minimum Gasteiger partial charge on any atom is -0.466 e. The van der Waals surface area contributed by atoms with E-state index in [1.165, 1.54) is 12.8 Å². The fourth-order valence-electron chi connectivity index (χ4n) is 1.85. The van der Waals surface area contributed by atoms with Crippen LogP contribution < -0.4 is 0 Å². The molecular formula is C16H32O2. The second-order valence-electron chi connectivity index (χ2n) is 6.88. The Morgan fingerprint density at radius 1 is 1.06 bits per heavy atom. The number of rotatable bonds is 9. The van der Waals surface area contributed by atoms with Crippen molar-refractivity contribution in [1.82, 2.24) is 0 Å². The average Bonchev–Trinajstić information content (AvgIpc) is 2.22. The van der Waals surface area contributed by atoms with Crippen molar-refractivity contribution in [2.45, 2.75) is 79.6 Å². The minimum atomic E-state index is -0.0190. The molecule has 0 unspecified atom stereocenters. The van der Waals surface area contributed by atoms with Crippen molar-refractivity contribution >= 4 is 5.97 Å². The van der Waals surface area contributed by atoms with E-state index in [4.69, 9.17) is 4.74 Å². The van der Waals surface area contributed by atoms with Crippen molar-refractivity contribution in [2.75, 3.05) is 6.61 Å². The number of hydrogen-bond acceptors (Lipinski definition) is 2. The zero-order valence-corrected chi connectivity index (χ0v) is 13.1. The highest BCUT2D eigenvalue weighted by molar-refractivity contribution is 5.69. The standard InChI is InChI=1S/C16H32O2/c1-14(2)10-9-13-18-15(17)11-7-6-8-12-16(3,4)5/h14H,6-13H2,1-5H3. The lowest BCUT2D eigenvalue weighted by molar-refractivity contribution is -0.143. The van der Waals surface area contributed by atoms with E-state index >= 15 is 0 Å².